The fraction of sp³-hybridized carbons (Fsp3) is 0.571. The topological polar surface area (TPSA) is 12.0 Å². The van der Waals surface area contributed by atoms with Gasteiger partial charge in [0.1, 0.15) is 0 Å². The summed E-state index contributed by atoms with van der Waals surface area (Å²) in [4.78, 5) is 0. The highest BCUT2D eigenvalue weighted by molar-refractivity contribution is 6.76. The van der Waals surface area contributed by atoms with Gasteiger partial charge in [0.25, 0.3) is 0 Å². The van der Waals surface area contributed by atoms with E-state index in [1.807, 2.05) is 7.05 Å². The van der Waals surface area contributed by atoms with E-state index in [1.54, 1.807) is 0 Å². The van der Waals surface area contributed by atoms with E-state index in [0.717, 1.165) is 6.54 Å². The van der Waals surface area contributed by atoms with E-state index >= 15 is 0 Å². The van der Waals surface area contributed by atoms with Crippen LogP contribution in [0.2, 0.25) is 25.7 Å². The Morgan fingerprint density at radius 3 is 2.12 bits per heavy atom. The molecule has 0 aliphatic heterocycles. The van der Waals surface area contributed by atoms with Gasteiger partial charge in [-0.1, -0.05) is 49.5 Å². The second-order valence-corrected chi connectivity index (χ2v) is 11.5. The van der Waals surface area contributed by atoms with E-state index in [9.17, 15) is 0 Å². The van der Waals surface area contributed by atoms with Crippen molar-refractivity contribution in [2.75, 3.05) is 13.6 Å². The van der Waals surface area contributed by atoms with Crippen LogP contribution in [0, 0.1) is 6.92 Å². The largest absolute Gasteiger partial charge is 0.319 e. The molecule has 0 saturated carbocycles. The second-order valence-electron chi connectivity index (χ2n) is 5.93. The fourth-order valence-corrected chi connectivity index (χ4v) is 3.99. The van der Waals surface area contributed by atoms with Crippen LogP contribution in [0.3, 0.4) is 0 Å². The fourth-order valence-electron chi connectivity index (χ4n) is 2.13. The lowest BCUT2D eigenvalue weighted by Gasteiger charge is -2.25. The van der Waals surface area contributed by atoms with Crippen molar-refractivity contribution in [3.05, 3.63) is 35.4 Å². The molecule has 0 fully saturated rings. The summed E-state index contributed by atoms with van der Waals surface area (Å²) >= 11 is 0. The van der Waals surface area contributed by atoms with Gasteiger partial charge in [0.15, 0.2) is 0 Å². The Hall–Kier alpha value is -0.603. The molecular formula is C14H25NSi. The van der Waals surface area contributed by atoms with Gasteiger partial charge in [-0.2, -0.15) is 0 Å². The molecule has 0 spiro atoms. The minimum atomic E-state index is -0.994. The third-order valence-corrected chi connectivity index (χ3v) is 4.58. The summed E-state index contributed by atoms with van der Waals surface area (Å²) < 4.78 is 0. The summed E-state index contributed by atoms with van der Waals surface area (Å²) in [5, 5.41) is 3.33. The van der Waals surface area contributed by atoms with Crippen LogP contribution in [0.25, 0.3) is 0 Å². The van der Waals surface area contributed by atoms with Crippen LogP contribution in [0.4, 0.5) is 0 Å². The summed E-state index contributed by atoms with van der Waals surface area (Å²) in [6, 6.07) is 10.4. The molecule has 1 rings (SSSR count). The lowest BCUT2D eigenvalue weighted by Crippen LogP contribution is -2.27. The van der Waals surface area contributed by atoms with Crippen molar-refractivity contribution in [2.45, 2.75) is 38.5 Å². The molecule has 90 valence electrons. The van der Waals surface area contributed by atoms with E-state index in [2.05, 4.69) is 56.1 Å². The van der Waals surface area contributed by atoms with Gasteiger partial charge in [0, 0.05) is 14.6 Å². The predicted molar refractivity (Wildman–Crippen MR) is 76.0 cm³/mol. The molecule has 2 heteroatoms. The Labute approximate surface area is 101 Å². The number of hydrogen-bond acceptors (Lipinski definition) is 1. The van der Waals surface area contributed by atoms with Crippen molar-refractivity contribution in [3.8, 4) is 0 Å². The molecule has 1 N–H and O–H groups in total. The first-order valence-corrected chi connectivity index (χ1v) is 9.84. The standard InChI is InChI=1S/C14H25NSi/c1-12-6-8-13(9-7-12)14(10-15-2)11-16(3,4)5/h6-9,14-15H,10-11H2,1-5H3. The Kier molecular flexibility index (Phi) is 4.75. The van der Waals surface area contributed by atoms with E-state index in [1.165, 1.54) is 17.2 Å². The normalized spacial score (nSPS) is 13.8. The molecule has 1 unspecified atom stereocenters. The van der Waals surface area contributed by atoms with Crippen molar-refractivity contribution >= 4 is 8.07 Å². The summed E-state index contributed by atoms with van der Waals surface area (Å²) in [6.07, 6.45) is 0. The molecule has 0 bridgehead atoms. The van der Waals surface area contributed by atoms with Gasteiger partial charge < -0.3 is 5.32 Å². The van der Waals surface area contributed by atoms with Gasteiger partial charge in [-0.15, -0.1) is 0 Å². The van der Waals surface area contributed by atoms with Crippen molar-refractivity contribution in [3.63, 3.8) is 0 Å². The number of likely N-dealkylation sites (N-methyl/N-ethyl adjacent to an activating group) is 1. The zero-order valence-corrected chi connectivity index (χ0v) is 12.3. The summed E-state index contributed by atoms with van der Waals surface area (Å²) in [5.41, 5.74) is 2.84. The minimum Gasteiger partial charge on any atom is -0.319 e. The number of hydrogen-bond donors (Lipinski definition) is 1. The molecule has 0 aliphatic rings. The molecule has 0 saturated heterocycles. The number of rotatable bonds is 5. The van der Waals surface area contributed by atoms with Crippen LogP contribution in [0.1, 0.15) is 17.0 Å². The van der Waals surface area contributed by atoms with Crippen molar-refractivity contribution in [1.29, 1.82) is 0 Å². The number of aryl methyl sites for hydroxylation is 1. The van der Waals surface area contributed by atoms with Crippen LogP contribution in [0.15, 0.2) is 24.3 Å². The highest BCUT2D eigenvalue weighted by atomic mass is 28.3. The van der Waals surface area contributed by atoms with Gasteiger partial charge in [-0.05, 0) is 31.5 Å². The third-order valence-electron chi connectivity index (χ3n) is 2.86. The quantitative estimate of drug-likeness (QED) is 0.768. The highest BCUT2D eigenvalue weighted by Gasteiger charge is 2.21. The van der Waals surface area contributed by atoms with Gasteiger partial charge in [-0.25, -0.2) is 0 Å². The van der Waals surface area contributed by atoms with E-state index < -0.39 is 8.07 Å². The van der Waals surface area contributed by atoms with Gasteiger partial charge in [0.2, 0.25) is 0 Å². The van der Waals surface area contributed by atoms with E-state index in [4.69, 9.17) is 0 Å². The third kappa shape index (κ3) is 4.50. The van der Waals surface area contributed by atoms with Gasteiger partial charge in [-0.3, -0.25) is 0 Å². The monoisotopic (exact) mass is 235 g/mol. The van der Waals surface area contributed by atoms with Crippen molar-refractivity contribution in [1.82, 2.24) is 5.32 Å². The maximum absolute atomic E-state index is 3.33. The first-order chi connectivity index (χ1) is 7.42. The molecule has 0 aromatic heterocycles. The maximum atomic E-state index is 3.33. The molecule has 1 atom stereocenters. The number of benzene rings is 1. The molecule has 16 heavy (non-hydrogen) atoms. The Bertz CT molecular complexity index is 311. The Morgan fingerprint density at radius 1 is 1.12 bits per heavy atom. The van der Waals surface area contributed by atoms with Crippen molar-refractivity contribution in [2.24, 2.45) is 0 Å². The van der Waals surface area contributed by atoms with Crippen LogP contribution >= 0.6 is 0 Å². The molecule has 0 heterocycles. The van der Waals surface area contributed by atoms with E-state index in [-0.39, 0.29) is 0 Å². The van der Waals surface area contributed by atoms with Crippen LogP contribution in [-0.2, 0) is 0 Å². The van der Waals surface area contributed by atoms with Gasteiger partial charge >= 0.3 is 0 Å². The maximum Gasteiger partial charge on any atom is 0.0449 e. The smallest absolute Gasteiger partial charge is 0.0449 e. The molecule has 1 aromatic rings. The molecule has 0 radical (unpaired) electrons. The van der Waals surface area contributed by atoms with Crippen molar-refractivity contribution < 1.29 is 0 Å². The van der Waals surface area contributed by atoms with Crippen LogP contribution in [-0.4, -0.2) is 21.7 Å². The predicted octanol–water partition coefficient (Wildman–Crippen LogP) is 3.64. The lowest BCUT2D eigenvalue weighted by molar-refractivity contribution is 0.669. The van der Waals surface area contributed by atoms with Crippen LogP contribution < -0.4 is 5.32 Å². The molecular weight excluding hydrogens is 210 g/mol. The zero-order valence-electron chi connectivity index (χ0n) is 11.3. The Morgan fingerprint density at radius 2 is 1.69 bits per heavy atom. The SMILES string of the molecule is CNCC(C[Si](C)(C)C)c1ccc(C)cc1. The second kappa shape index (κ2) is 5.64. The zero-order chi connectivity index (χ0) is 12.2. The summed E-state index contributed by atoms with van der Waals surface area (Å²) in [5.74, 6) is 0.678. The van der Waals surface area contributed by atoms with Gasteiger partial charge in [0.05, 0.1) is 0 Å². The molecule has 0 amide bonds. The lowest BCUT2D eigenvalue weighted by atomic mass is 10.00. The molecule has 1 nitrogen and oxygen atoms in total. The minimum absolute atomic E-state index is 0.678. The van der Waals surface area contributed by atoms with Crippen LogP contribution in [0.5, 0.6) is 0 Å². The van der Waals surface area contributed by atoms with E-state index in [0.29, 0.717) is 5.92 Å². The Balaban J connectivity index is 2.80. The highest BCUT2D eigenvalue weighted by Crippen LogP contribution is 2.26. The summed E-state index contributed by atoms with van der Waals surface area (Å²) in [6.45, 7) is 10.6. The first kappa shape index (κ1) is 13.5. The molecule has 0 aliphatic carbocycles. The first-order valence-electron chi connectivity index (χ1n) is 6.13. The number of nitrogens with one attached hydrogen (secondary N) is 1. The average Bonchev–Trinajstić information content (AvgIpc) is 2.16. The molecule has 1 aromatic carbocycles. The average molecular weight is 235 g/mol. The summed E-state index contributed by atoms with van der Waals surface area (Å²) in [7, 11) is 1.05.